The topological polar surface area (TPSA) is 166 Å². The van der Waals surface area contributed by atoms with Crippen LogP contribution in [-0.2, 0) is 58.9 Å². The van der Waals surface area contributed by atoms with Crippen LogP contribution in [0.1, 0.15) is 91.0 Å². The van der Waals surface area contributed by atoms with Crippen molar-refractivity contribution in [3.8, 4) is 0 Å². The van der Waals surface area contributed by atoms with E-state index in [0.717, 1.165) is 24.8 Å². The third-order valence-corrected chi connectivity index (χ3v) is 10.5. The minimum absolute atomic E-state index is 0.0218. The number of hydrogen-bond donors (Lipinski definition) is 2. The third kappa shape index (κ3) is 11.2. The van der Waals surface area contributed by atoms with Gasteiger partial charge >= 0.3 is 17.9 Å². The summed E-state index contributed by atoms with van der Waals surface area (Å²) in [4.78, 5) is 38.6. The summed E-state index contributed by atoms with van der Waals surface area (Å²) in [5.41, 5.74) is -0.114. The Bertz CT molecular complexity index is 1440. The number of rotatable bonds is 6. The smallest absolute Gasteiger partial charge is 0.330 e. The van der Waals surface area contributed by atoms with Gasteiger partial charge in [-0.25, -0.2) is 4.79 Å². The van der Waals surface area contributed by atoms with Gasteiger partial charge in [0.2, 0.25) is 5.79 Å². The van der Waals surface area contributed by atoms with Crippen LogP contribution in [0.15, 0.2) is 54.1 Å². The SMILES string of the molecule is COC(=O)/C=C1\C[C@H]2C[C@H]([C@H](C)OCc3ccccc3)OC(=O)C[C@H](O)C[C@@H]3CCC[C@H](C[C@@H]4CCO[C@H](/C=C/C(C)(C)[C@](O)(O2)[C@H]1OC(C)=O)O4)O3. The van der Waals surface area contributed by atoms with E-state index in [4.69, 9.17) is 37.9 Å². The number of methoxy groups -OCH3 is 1. The largest absolute Gasteiger partial charge is 0.466 e. The van der Waals surface area contributed by atoms with Gasteiger partial charge in [-0.15, -0.1) is 0 Å². The van der Waals surface area contributed by atoms with Crippen LogP contribution >= 0.6 is 0 Å². The molecule has 3 fully saturated rings. The standard InChI is InChI=1S/C40H56O13/c1-25(48-24-27-10-7-6-8-11-27)34-23-33-18-28(19-35(43)46-5)38(49-26(2)41)40(45,53-33)39(3,4)16-14-37-47-17-15-32(51-37)22-31-13-9-12-30(50-31)20-29(42)21-36(44)52-34/h6-8,10-11,14,16,19,25,29-34,37-38,42,45H,9,12-13,15,17-18,20-24H2,1-5H3/b16-14+,28-19+/t25-,29+,30-,31+,32-,33-,34+,37-,38-,40+/m0/s1. The van der Waals surface area contributed by atoms with Crippen molar-refractivity contribution in [2.24, 2.45) is 5.41 Å². The van der Waals surface area contributed by atoms with Crippen LogP contribution in [0.25, 0.3) is 0 Å². The summed E-state index contributed by atoms with van der Waals surface area (Å²) in [6.07, 6.45) is 2.54. The van der Waals surface area contributed by atoms with Crippen LogP contribution in [0.5, 0.6) is 0 Å². The Morgan fingerprint density at radius 2 is 1.72 bits per heavy atom. The van der Waals surface area contributed by atoms with Gasteiger partial charge in [0.1, 0.15) is 6.10 Å². The summed E-state index contributed by atoms with van der Waals surface area (Å²) >= 11 is 0. The number of aliphatic hydroxyl groups excluding tert-OH is 1. The molecule has 5 rings (SSSR count). The van der Waals surface area contributed by atoms with Crippen molar-refractivity contribution in [3.63, 3.8) is 0 Å². The van der Waals surface area contributed by atoms with E-state index in [1.807, 2.05) is 30.3 Å². The molecule has 4 aliphatic rings. The fourth-order valence-electron chi connectivity index (χ4n) is 7.51. The van der Waals surface area contributed by atoms with Gasteiger partial charge in [0, 0.05) is 31.3 Å². The lowest BCUT2D eigenvalue weighted by Crippen LogP contribution is -2.62. The zero-order valence-corrected chi connectivity index (χ0v) is 31.5. The highest BCUT2D eigenvalue weighted by Gasteiger charge is 2.57. The molecule has 4 aliphatic heterocycles. The third-order valence-electron chi connectivity index (χ3n) is 10.5. The predicted octanol–water partition coefficient (Wildman–Crippen LogP) is 4.60. The normalized spacial score (nSPS) is 36.0. The van der Waals surface area contributed by atoms with Gasteiger partial charge in [-0.05, 0) is 62.7 Å². The zero-order chi connectivity index (χ0) is 38.2. The van der Waals surface area contributed by atoms with Crippen LogP contribution in [0.4, 0.5) is 0 Å². The second kappa shape index (κ2) is 18.4. The highest BCUT2D eigenvalue weighted by molar-refractivity contribution is 5.83. The Labute approximate surface area is 311 Å². The first-order chi connectivity index (χ1) is 25.2. The number of hydrogen-bond acceptors (Lipinski definition) is 13. The molecule has 6 bridgehead atoms. The Morgan fingerprint density at radius 3 is 2.43 bits per heavy atom. The van der Waals surface area contributed by atoms with E-state index in [2.05, 4.69) is 0 Å². The molecule has 10 atom stereocenters. The fourth-order valence-corrected chi connectivity index (χ4v) is 7.51. The van der Waals surface area contributed by atoms with E-state index in [0.29, 0.717) is 19.4 Å². The fraction of sp³-hybridized carbons (Fsp3) is 0.675. The number of fused-ring (bicyclic) bond motifs is 6. The summed E-state index contributed by atoms with van der Waals surface area (Å²) in [7, 11) is 1.22. The minimum atomic E-state index is -2.24. The first-order valence-electron chi connectivity index (χ1n) is 18.8. The highest BCUT2D eigenvalue weighted by Crippen LogP contribution is 2.47. The second-order valence-electron chi connectivity index (χ2n) is 15.1. The molecule has 13 nitrogen and oxygen atoms in total. The molecular formula is C40H56O13. The molecule has 0 aliphatic carbocycles. The lowest BCUT2D eigenvalue weighted by atomic mass is 9.74. The predicted molar refractivity (Wildman–Crippen MR) is 190 cm³/mol. The van der Waals surface area contributed by atoms with Crippen molar-refractivity contribution in [3.05, 3.63) is 59.7 Å². The van der Waals surface area contributed by atoms with Crippen molar-refractivity contribution in [2.45, 2.75) is 153 Å². The monoisotopic (exact) mass is 744 g/mol. The van der Waals surface area contributed by atoms with Gasteiger partial charge in [-0.2, -0.15) is 0 Å². The molecule has 0 unspecified atom stereocenters. The number of ether oxygens (including phenoxy) is 8. The Morgan fingerprint density at radius 1 is 1.00 bits per heavy atom. The van der Waals surface area contributed by atoms with Crippen LogP contribution in [0.3, 0.4) is 0 Å². The Balaban J connectivity index is 1.51. The van der Waals surface area contributed by atoms with Crippen molar-refractivity contribution in [1.82, 2.24) is 0 Å². The van der Waals surface area contributed by atoms with Crippen LogP contribution in [0.2, 0.25) is 0 Å². The minimum Gasteiger partial charge on any atom is -0.466 e. The average Bonchev–Trinajstić information content (AvgIpc) is 3.11. The van der Waals surface area contributed by atoms with E-state index in [1.165, 1.54) is 20.1 Å². The number of cyclic esters (lactones) is 1. The number of carbonyl (C=O) groups excluding carboxylic acids is 3. The molecule has 0 amide bonds. The van der Waals surface area contributed by atoms with Crippen LogP contribution in [0, 0.1) is 5.41 Å². The van der Waals surface area contributed by atoms with Crippen molar-refractivity contribution in [1.29, 1.82) is 0 Å². The van der Waals surface area contributed by atoms with Crippen molar-refractivity contribution < 1.29 is 62.5 Å². The molecule has 0 aromatic heterocycles. The maximum atomic E-state index is 13.5. The van der Waals surface area contributed by atoms with Crippen molar-refractivity contribution >= 4 is 17.9 Å². The number of carbonyl (C=O) groups is 3. The lowest BCUT2D eigenvalue weighted by Gasteiger charge is -2.51. The van der Waals surface area contributed by atoms with E-state index < -0.39 is 65.9 Å². The van der Waals surface area contributed by atoms with Gasteiger partial charge in [-0.1, -0.05) is 50.3 Å². The number of esters is 3. The number of aliphatic hydroxyl groups is 2. The Kier molecular flexibility index (Phi) is 14.3. The van der Waals surface area contributed by atoms with E-state index in [1.54, 1.807) is 32.9 Å². The van der Waals surface area contributed by atoms with Crippen molar-refractivity contribution in [2.75, 3.05) is 13.7 Å². The average molecular weight is 745 g/mol. The lowest BCUT2D eigenvalue weighted by molar-refractivity contribution is -0.327. The summed E-state index contributed by atoms with van der Waals surface area (Å²) < 4.78 is 48.0. The quantitative estimate of drug-likeness (QED) is 0.180. The van der Waals surface area contributed by atoms with Gasteiger partial charge in [-0.3, -0.25) is 9.59 Å². The van der Waals surface area contributed by atoms with E-state index >= 15 is 0 Å². The highest BCUT2D eigenvalue weighted by atomic mass is 16.7. The van der Waals surface area contributed by atoms with Gasteiger partial charge in [0.15, 0.2) is 12.4 Å². The maximum absolute atomic E-state index is 13.5. The Hall–Kier alpha value is -3.17. The second-order valence-corrected chi connectivity index (χ2v) is 15.1. The molecule has 294 valence electrons. The summed E-state index contributed by atoms with van der Waals surface area (Å²) in [5.74, 6) is -4.28. The van der Waals surface area contributed by atoms with Crippen LogP contribution < -0.4 is 0 Å². The molecule has 4 heterocycles. The molecule has 1 aromatic carbocycles. The summed E-state index contributed by atoms with van der Waals surface area (Å²) in [5, 5.41) is 23.7. The molecule has 3 saturated heterocycles. The first kappa shape index (κ1) is 41.0. The summed E-state index contributed by atoms with van der Waals surface area (Å²) in [6, 6.07) is 9.54. The first-order valence-corrected chi connectivity index (χ1v) is 18.8. The van der Waals surface area contributed by atoms with E-state index in [9.17, 15) is 24.6 Å². The zero-order valence-electron chi connectivity index (χ0n) is 31.5. The molecule has 0 radical (unpaired) electrons. The maximum Gasteiger partial charge on any atom is 0.330 e. The molecule has 53 heavy (non-hydrogen) atoms. The molecule has 0 saturated carbocycles. The molecule has 1 aromatic rings. The van der Waals surface area contributed by atoms with Gasteiger partial charge in [0.25, 0.3) is 0 Å². The molecule has 2 N–H and O–H groups in total. The van der Waals surface area contributed by atoms with Gasteiger partial charge < -0.3 is 48.1 Å². The van der Waals surface area contributed by atoms with Gasteiger partial charge in [0.05, 0.1) is 63.4 Å². The number of benzene rings is 1. The van der Waals surface area contributed by atoms with Crippen LogP contribution in [-0.4, -0.2) is 103 Å². The molecule has 0 spiro atoms. The van der Waals surface area contributed by atoms with E-state index in [-0.39, 0.29) is 56.2 Å². The summed E-state index contributed by atoms with van der Waals surface area (Å²) in [6.45, 7) is 7.10. The molecule has 13 heteroatoms. The molecular weight excluding hydrogens is 688 g/mol.